The number of piperidine rings is 1. The van der Waals surface area contributed by atoms with Gasteiger partial charge in [-0.15, -0.1) is 11.3 Å². The number of nitrogens with zero attached hydrogens (tertiary/aromatic N) is 4. The Morgan fingerprint density at radius 1 is 1.15 bits per heavy atom. The Bertz CT molecular complexity index is 1510. The Morgan fingerprint density at radius 3 is 2.79 bits per heavy atom. The second kappa shape index (κ2) is 11.3. The van der Waals surface area contributed by atoms with E-state index in [1.165, 1.54) is 0 Å². The molecule has 1 amide bonds. The second-order valence-electron chi connectivity index (χ2n) is 10.4. The van der Waals surface area contributed by atoms with Crippen molar-refractivity contribution in [1.29, 1.82) is 0 Å². The minimum absolute atomic E-state index is 0.0268. The first-order valence-electron chi connectivity index (χ1n) is 13.4. The molecule has 4 heterocycles. The molecule has 4 aromatic rings. The number of amides is 1. The molecule has 0 radical (unpaired) electrons. The van der Waals surface area contributed by atoms with E-state index >= 15 is 0 Å². The number of methoxy groups -OCH3 is 1. The van der Waals surface area contributed by atoms with E-state index in [-0.39, 0.29) is 11.9 Å². The van der Waals surface area contributed by atoms with Crippen LogP contribution in [-0.2, 0) is 19.5 Å². The number of aromatic nitrogens is 2. The van der Waals surface area contributed by atoms with Crippen LogP contribution in [-0.4, -0.2) is 65.5 Å². The number of carbonyl (C=O) groups is 1. The fraction of sp³-hybridized carbons (Fsp3) is 0.367. The summed E-state index contributed by atoms with van der Waals surface area (Å²) >= 11 is 5.19. The molecule has 0 bridgehead atoms. The average molecular weight is 607 g/mol. The molecule has 9 heteroatoms. The van der Waals surface area contributed by atoms with Crippen molar-refractivity contribution >= 4 is 44.1 Å². The molecule has 0 atom stereocenters. The van der Waals surface area contributed by atoms with Gasteiger partial charge in [-0.3, -0.25) is 14.7 Å². The highest BCUT2D eigenvalue weighted by Gasteiger charge is 2.28. The normalized spacial score (nSPS) is 16.8. The first-order valence-corrected chi connectivity index (χ1v) is 15.1. The summed E-state index contributed by atoms with van der Waals surface area (Å²) in [6.45, 7) is 4.29. The fourth-order valence-electron chi connectivity index (χ4n) is 5.63. The molecule has 0 aliphatic carbocycles. The summed E-state index contributed by atoms with van der Waals surface area (Å²) in [5.41, 5.74) is 5.77. The highest BCUT2D eigenvalue weighted by Crippen LogP contribution is 2.35. The van der Waals surface area contributed by atoms with Crippen LogP contribution < -0.4 is 10.1 Å². The lowest BCUT2D eigenvalue weighted by Crippen LogP contribution is -2.44. The predicted octanol–water partition coefficient (Wildman–Crippen LogP) is 5.51. The van der Waals surface area contributed by atoms with Gasteiger partial charge in [-0.2, -0.15) is 0 Å². The van der Waals surface area contributed by atoms with Crippen LogP contribution in [0.15, 0.2) is 52.3 Å². The average Bonchev–Trinajstić information content (AvgIpc) is 3.41. The lowest BCUT2D eigenvalue weighted by molar-refractivity contribution is 0.0915. The molecule has 2 aromatic heterocycles. The van der Waals surface area contributed by atoms with Crippen molar-refractivity contribution in [2.75, 3.05) is 33.8 Å². The molecule has 0 spiro atoms. The van der Waals surface area contributed by atoms with Crippen molar-refractivity contribution in [2.24, 2.45) is 0 Å². The molecular formula is C30H32BrN5O2S. The number of fused-ring (bicyclic) bond motifs is 2. The molecular weight excluding hydrogens is 574 g/mol. The molecule has 7 nitrogen and oxygen atoms in total. The number of thiazole rings is 1. The summed E-state index contributed by atoms with van der Waals surface area (Å²) in [7, 11) is 3.82. The Kier molecular flexibility index (Phi) is 7.66. The fourth-order valence-corrected chi connectivity index (χ4v) is 6.82. The summed E-state index contributed by atoms with van der Waals surface area (Å²) in [4.78, 5) is 28.4. The van der Waals surface area contributed by atoms with Gasteiger partial charge in [-0.1, -0.05) is 34.1 Å². The molecule has 2 aliphatic rings. The molecule has 39 heavy (non-hydrogen) atoms. The smallest absolute Gasteiger partial charge is 0.252 e. The molecule has 2 aliphatic heterocycles. The Morgan fingerprint density at radius 2 is 1.97 bits per heavy atom. The van der Waals surface area contributed by atoms with Crippen LogP contribution in [0.3, 0.4) is 0 Å². The Labute approximate surface area is 241 Å². The summed E-state index contributed by atoms with van der Waals surface area (Å²) in [5, 5.41) is 7.35. The maximum Gasteiger partial charge on any atom is 0.252 e. The minimum Gasteiger partial charge on any atom is -0.496 e. The standard InChI is InChI=1S/C30H32BrN5O2S/c1-35-12-9-20(10-13-35)32-29(37)28-22-5-3-4-6-25(22)34-26-11-14-36(17-24(26)28)16-21-18-39-30(33-21)23-15-19(31)7-8-27(23)38-2/h3-8,15,18,20H,9-14,16-17H2,1-2H3,(H,32,37). The van der Waals surface area contributed by atoms with Crippen molar-refractivity contribution in [3.8, 4) is 16.3 Å². The van der Waals surface area contributed by atoms with E-state index in [0.29, 0.717) is 6.54 Å². The van der Waals surface area contributed by atoms with Crippen LogP contribution in [0, 0.1) is 0 Å². The van der Waals surface area contributed by atoms with E-state index in [4.69, 9.17) is 14.7 Å². The third-order valence-electron chi connectivity index (χ3n) is 7.74. The third-order valence-corrected chi connectivity index (χ3v) is 9.15. The molecule has 0 saturated carbocycles. The number of likely N-dealkylation sites (tertiary alicyclic amines) is 1. The van der Waals surface area contributed by atoms with Crippen LogP contribution >= 0.6 is 27.3 Å². The molecule has 202 valence electrons. The van der Waals surface area contributed by atoms with E-state index in [1.807, 2.05) is 42.5 Å². The predicted molar refractivity (Wildman–Crippen MR) is 159 cm³/mol. The number of rotatable bonds is 6. The van der Waals surface area contributed by atoms with Gasteiger partial charge in [0.05, 0.1) is 29.4 Å². The van der Waals surface area contributed by atoms with Gasteiger partial charge in [-0.05, 0) is 57.2 Å². The maximum atomic E-state index is 13.8. The minimum atomic E-state index is 0.0268. The summed E-state index contributed by atoms with van der Waals surface area (Å²) in [6, 6.07) is 14.2. The Balaban J connectivity index is 1.26. The first-order chi connectivity index (χ1) is 19.0. The van der Waals surface area contributed by atoms with Crippen LogP contribution in [0.5, 0.6) is 5.75 Å². The molecule has 1 saturated heterocycles. The Hall–Kier alpha value is -2.85. The zero-order valence-electron chi connectivity index (χ0n) is 22.2. The van der Waals surface area contributed by atoms with E-state index in [1.54, 1.807) is 18.4 Å². The largest absolute Gasteiger partial charge is 0.496 e. The summed E-state index contributed by atoms with van der Waals surface area (Å²) in [6.07, 6.45) is 2.77. The van der Waals surface area contributed by atoms with Crippen LogP contribution in [0.4, 0.5) is 0 Å². The number of pyridine rings is 1. The second-order valence-corrected chi connectivity index (χ2v) is 12.2. The number of hydrogen-bond donors (Lipinski definition) is 1. The van der Waals surface area contributed by atoms with Crippen molar-refractivity contribution in [3.05, 3.63) is 74.8 Å². The lowest BCUT2D eigenvalue weighted by Gasteiger charge is -2.32. The van der Waals surface area contributed by atoms with Crippen molar-refractivity contribution in [3.63, 3.8) is 0 Å². The molecule has 2 aromatic carbocycles. The molecule has 1 N–H and O–H groups in total. The van der Waals surface area contributed by atoms with E-state index in [9.17, 15) is 4.79 Å². The van der Waals surface area contributed by atoms with Crippen molar-refractivity contribution < 1.29 is 9.53 Å². The zero-order valence-corrected chi connectivity index (χ0v) is 24.6. The first kappa shape index (κ1) is 26.4. The number of carbonyl (C=O) groups excluding carboxylic acids is 1. The molecule has 6 rings (SSSR count). The van der Waals surface area contributed by atoms with Gasteiger partial charge in [0.25, 0.3) is 5.91 Å². The lowest BCUT2D eigenvalue weighted by atomic mass is 9.94. The number of para-hydroxylation sites is 1. The molecule has 1 fully saturated rings. The van der Waals surface area contributed by atoms with Crippen LogP contribution in [0.1, 0.15) is 40.2 Å². The van der Waals surface area contributed by atoms with E-state index in [0.717, 1.165) is 99.7 Å². The summed E-state index contributed by atoms with van der Waals surface area (Å²) in [5.74, 6) is 0.836. The van der Waals surface area contributed by atoms with Gasteiger partial charge in [0, 0.05) is 58.6 Å². The topological polar surface area (TPSA) is 70.6 Å². The highest BCUT2D eigenvalue weighted by atomic mass is 79.9. The van der Waals surface area contributed by atoms with Crippen molar-refractivity contribution in [1.82, 2.24) is 25.1 Å². The molecule has 0 unspecified atom stereocenters. The quantitative estimate of drug-likeness (QED) is 0.312. The van der Waals surface area contributed by atoms with Crippen LogP contribution in [0.25, 0.3) is 21.5 Å². The number of halogens is 1. The monoisotopic (exact) mass is 605 g/mol. The third kappa shape index (κ3) is 5.59. The van der Waals surface area contributed by atoms with E-state index < -0.39 is 0 Å². The zero-order chi connectivity index (χ0) is 26.9. The highest BCUT2D eigenvalue weighted by molar-refractivity contribution is 9.10. The van der Waals surface area contributed by atoms with Gasteiger partial charge >= 0.3 is 0 Å². The summed E-state index contributed by atoms with van der Waals surface area (Å²) < 4.78 is 6.57. The number of hydrogen-bond acceptors (Lipinski definition) is 7. The van der Waals surface area contributed by atoms with Crippen LogP contribution in [0.2, 0.25) is 0 Å². The van der Waals surface area contributed by atoms with E-state index in [2.05, 4.69) is 43.5 Å². The van der Waals surface area contributed by atoms with Gasteiger partial charge in [0.15, 0.2) is 0 Å². The van der Waals surface area contributed by atoms with Gasteiger partial charge in [0.1, 0.15) is 10.8 Å². The van der Waals surface area contributed by atoms with Crippen molar-refractivity contribution in [2.45, 2.75) is 38.4 Å². The van der Waals surface area contributed by atoms with Gasteiger partial charge in [0.2, 0.25) is 0 Å². The number of benzene rings is 2. The number of ether oxygens (including phenoxy) is 1. The number of nitrogens with one attached hydrogen (secondary N) is 1. The van der Waals surface area contributed by atoms with Gasteiger partial charge < -0.3 is 15.0 Å². The SMILES string of the molecule is COc1ccc(Br)cc1-c1nc(CN2CCc3nc4ccccc4c(C(=O)NC4CCN(C)CC4)c3C2)cs1. The maximum absolute atomic E-state index is 13.8. The van der Waals surface area contributed by atoms with Gasteiger partial charge in [-0.25, -0.2) is 4.98 Å².